The number of halogens is 1. The summed E-state index contributed by atoms with van der Waals surface area (Å²) in [7, 11) is 0. The van der Waals surface area contributed by atoms with Gasteiger partial charge >= 0.3 is 0 Å². The highest BCUT2D eigenvalue weighted by Gasteiger charge is 2.38. The van der Waals surface area contributed by atoms with E-state index in [-0.39, 0.29) is 17.6 Å². The van der Waals surface area contributed by atoms with Crippen molar-refractivity contribution in [2.45, 2.75) is 20.3 Å². The fraction of sp³-hybridized carbons (Fsp3) is 0.263. The molecule has 0 saturated carbocycles. The van der Waals surface area contributed by atoms with Crippen molar-refractivity contribution in [2.24, 2.45) is 5.92 Å². The van der Waals surface area contributed by atoms with Crippen LogP contribution in [0.4, 0.5) is 15.8 Å². The van der Waals surface area contributed by atoms with Crippen LogP contribution in [-0.4, -0.2) is 18.4 Å². The van der Waals surface area contributed by atoms with Crippen molar-refractivity contribution in [3.05, 3.63) is 59.4 Å². The number of nitrogens with zero attached hydrogens (tertiary/aromatic N) is 1. The zero-order valence-electron chi connectivity index (χ0n) is 13.7. The van der Waals surface area contributed by atoms with E-state index in [0.717, 1.165) is 5.56 Å². The van der Waals surface area contributed by atoms with Crippen LogP contribution < -0.4 is 10.2 Å². The number of aryl methyl sites for hydroxylation is 2. The van der Waals surface area contributed by atoms with Crippen molar-refractivity contribution in [1.29, 1.82) is 0 Å². The van der Waals surface area contributed by atoms with E-state index in [1.165, 1.54) is 12.1 Å². The lowest BCUT2D eigenvalue weighted by Gasteiger charge is -2.19. The second-order valence-electron chi connectivity index (χ2n) is 6.12. The molecule has 0 bridgehead atoms. The molecule has 24 heavy (non-hydrogen) atoms. The summed E-state index contributed by atoms with van der Waals surface area (Å²) < 4.78 is 13.2. The van der Waals surface area contributed by atoms with Crippen LogP contribution in [0.3, 0.4) is 0 Å². The van der Waals surface area contributed by atoms with Crippen LogP contribution in [0.15, 0.2) is 42.5 Å². The van der Waals surface area contributed by atoms with Gasteiger partial charge in [0, 0.05) is 17.9 Å². The summed E-state index contributed by atoms with van der Waals surface area (Å²) >= 11 is 0. The number of anilines is 2. The maximum Gasteiger partial charge on any atom is 0.239 e. The van der Waals surface area contributed by atoms with Crippen LogP contribution in [0.1, 0.15) is 17.5 Å². The molecular formula is C19H19FN2O2. The summed E-state index contributed by atoms with van der Waals surface area (Å²) in [5.41, 5.74) is 3.06. The smallest absolute Gasteiger partial charge is 0.239 e. The van der Waals surface area contributed by atoms with E-state index >= 15 is 0 Å². The van der Waals surface area contributed by atoms with Crippen LogP contribution in [0.25, 0.3) is 0 Å². The molecule has 2 aromatic rings. The van der Waals surface area contributed by atoms with Crippen molar-refractivity contribution in [3.8, 4) is 0 Å². The number of amides is 2. The predicted molar refractivity (Wildman–Crippen MR) is 91.4 cm³/mol. The quantitative estimate of drug-likeness (QED) is 0.879. The summed E-state index contributed by atoms with van der Waals surface area (Å²) in [6.07, 6.45) is 0.452. The number of rotatable bonds is 3. The molecule has 1 atom stereocenters. The van der Waals surface area contributed by atoms with Gasteiger partial charge in [0.1, 0.15) is 11.7 Å². The fourth-order valence-electron chi connectivity index (χ4n) is 3.04. The lowest BCUT2D eigenvalue weighted by Crippen LogP contribution is -2.33. The molecule has 1 fully saturated rings. The molecule has 4 nitrogen and oxygen atoms in total. The zero-order chi connectivity index (χ0) is 17.3. The average molecular weight is 326 g/mol. The van der Waals surface area contributed by atoms with Crippen LogP contribution >= 0.6 is 0 Å². The van der Waals surface area contributed by atoms with Gasteiger partial charge in [-0.2, -0.15) is 0 Å². The highest BCUT2D eigenvalue weighted by Crippen LogP contribution is 2.29. The molecule has 0 spiro atoms. The van der Waals surface area contributed by atoms with E-state index in [1.807, 2.05) is 25.1 Å². The maximum atomic E-state index is 13.2. The molecule has 1 N–H and O–H groups in total. The Kier molecular flexibility index (Phi) is 4.34. The minimum Gasteiger partial charge on any atom is -0.325 e. The molecule has 5 heteroatoms. The Hall–Kier alpha value is -2.69. The minimum absolute atomic E-state index is 0.241. The van der Waals surface area contributed by atoms with Crippen LogP contribution in [0, 0.1) is 25.6 Å². The second kappa shape index (κ2) is 6.43. The van der Waals surface area contributed by atoms with Gasteiger partial charge in [-0.25, -0.2) is 4.39 Å². The number of hydrogen-bond donors (Lipinski definition) is 1. The van der Waals surface area contributed by atoms with E-state index in [0.29, 0.717) is 29.9 Å². The summed E-state index contributed by atoms with van der Waals surface area (Å²) in [4.78, 5) is 26.6. The Balaban J connectivity index is 1.75. The Morgan fingerprint density at radius 2 is 2.00 bits per heavy atom. The topological polar surface area (TPSA) is 49.4 Å². The SMILES string of the molecule is Cc1cccc(NC(=O)C2CCN(c3ccc(F)cc3C)C2=O)c1. The first-order chi connectivity index (χ1) is 11.5. The number of nitrogens with one attached hydrogen (secondary N) is 1. The van der Waals surface area contributed by atoms with Gasteiger partial charge in [-0.05, 0) is 61.7 Å². The molecule has 1 saturated heterocycles. The van der Waals surface area contributed by atoms with Gasteiger partial charge in [0.15, 0.2) is 0 Å². The number of benzene rings is 2. The molecule has 124 valence electrons. The molecule has 2 aromatic carbocycles. The van der Waals surface area contributed by atoms with Gasteiger partial charge in [0.2, 0.25) is 11.8 Å². The third-order valence-electron chi connectivity index (χ3n) is 4.26. The first kappa shape index (κ1) is 16.2. The van der Waals surface area contributed by atoms with Gasteiger partial charge in [0.05, 0.1) is 0 Å². The van der Waals surface area contributed by atoms with Crippen molar-refractivity contribution in [2.75, 3.05) is 16.8 Å². The average Bonchev–Trinajstić information content (AvgIpc) is 2.89. The molecular weight excluding hydrogens is 307 g/mol. The molecule has 2 amide bonds. The Morgan fingerprint density at radius 1 is 1.21 bits per heavy atom. The first-order valence-corrected chi connectivity index (χ1v) is 7.91. The molecule has 0 aliphatic carbocycles. The molecule has 1 aliphatic heterocycles. The Bertz CT molecular complexity index is 804. The van der Waals surface area contributed by atoms with Gasteiger partial charge in [-0.1, -0.05) is 12.1 Å². The van der Waals surface area contributed by atoms with Crippen LogP contribution in [0.2, 0.25) is 0 Å². The van der Waals surface area contributed by atoms with Crippen molar-refractivity contribution < 1.29 is 14.0 Å². The summed E-state index contributed by atoms with van der Waals surface area (Å²) in [6.45, 7) is 4.15. The normalized spacial score (nSPS) is 17.2. The molecule has 1 heterocycles. The zero-order valence-corrected chi connectivity index (χ0v) is 13.7. The van der Waals surface area contributed by atoms with Gasteiger partial charge in [-0.15, -0.1) is 0 Å². The maximum absolute atomic E-state index is 13.2. The second-order valence-corrected chi connectivity index (χ2v) is 6.12. The lowest BCUT2D eigenvalue weighted by molar-refractivity contribution is -0.129. The van der Waals surface area contributed by atoms with E-state index in [2.05, 4.69) is 5.32 Å². The largest absolute Gasteiger partial charge is 0.325 e. The summed E-state index contributed by atoms with van der Waals surface area (Å²) in [5, 5.41) is 2.80. The van der Waals surface area contributed by atoms with Crippen molar-refractivity contribution >= 4 is 23.2 Å². The van der Waals surface area contributed by atoms with Crippen molar-refractivity contribution in [1.82, 2.24) is 0 Å². The fourth-order valence-corrected chi connectivity index (χ4v) is 3.04. The molecule has 1 unspecified atom stereocenters. The molecule has 0 radical (unpaired) electrons. The van der Waals surface area contributed by atoms with Crippen molar-refractivity contribution in [3.63, 3.8) is 0 Å². The van der Waals surface area contributed by atoms with E-state index in [9.17, 15) is 14.0 Å². The van der Waals surface area contributed by atoms with Gasteiger partial charge in [0.25, 0.3) is 0 Å². The monoisotopic (exact) mass is 326 g/mol. The number of carbonyl (C=O) groups excluding carboxylic acids is 2. The van der Waals surface area contributed by atoms with Crippen LogP contribution in [-0.2, 0) is 9.59 Å². The predicted octanol–water partition coefficient (Wildman–Crippen LogP) is 3.43. The number of hydrogen-bond acceptors (Lipinski definition) is 2. The van der Waals surface area contributed by atoms with E-state index in [1.54, 1.807) is 24.0 Å². The van der Waals surface area contributed by atoms with Gasteiger partial charge < -0.3 is 10.2 Å². The highest BCUT2D eigenvalue weighted by atomic mass is 19.1. The highest BCUT2D eigenvalue weighted by molar-refractivity contribution is 6.13. The van der Waals surface area contributed by atoms with E-state index < -0.39 is 5.92 Å². The lowest BCUT2D eigenvalue weighted by atomic mass is 10.1. The molecule has 3 rings (SSSR count). The van der Waals surface area contributed by atoms with Crippen LogP contribution in [0.5, 0.6) is 0 Å². The summed E-state index contributed by atoms with van der Waals surface area (Å²) in [6, 6.07) is 11.8. The molecule has 0 aromatic heterocycles. The Labute approximate surface area is 140 Å². The third-order valence-corrected chi connectivity index (χ3v) is 4.26. The van der Waals surface area contributed by atoms with E-state index in [4.69, 9.17) is 0 Å². The first-order valence-electron chi connectivity index (χ1n) is 7.91. The summed E-state index contributed by atoms with van der Waals surface area (Å²) in [5.74, 6) is -1.59. The standard InChI is InChI=1S/C19H19FN2O2/c1-12-4-3-5-15(10-12)21-18(23)16-8-9-22(19(16)24)17-7-6-14(20)11-13(17)2/h3-7,10-11,16H,8-9H2,1-2H3,(H,21,23). The minimum atomic E-state index is -0.713. The molecule has 1 aliphatic rings. The van der Waals surface area contributed by atoms with Gasteiger partial charge in [-0.3, -0.25) is 9.59 Å². The Morgan fingerprint density at radius 3 is 2.71 bits per heavy atom. The number of carbonyl (C=O) groups is 2. The third kappa shape index (κ3) is 3.15.